The Labute approximate surface area is 71.5 Å². The van der Waals surface area contributed by atoms with Gasteiger partial charge in [-0.1, -0.05) is 0 Å². The molecule has 0 aliphatic carbocycles. The molecule has 0 amide bonds. The third-order valence-electron chi connectivity index (χ3n) is 1.87. The van der Waals surface area contributed by atoms with Gasteiger partial charge in [0.15, 0.2) is 0 Å². The van der Waals surface area contributed by atoms with E-state index >= 15 is 0 Å². The summed E-state index contributed by atoms with van der Waals surface area (Å²) in [5.41, 5.74) is 0. The molecule has 2 N–H and O–H groups in total. The highest BCUT2D eigenvalue weighted by Crippen LogP contribution is 2.02. The van der Waals surface area contributed by atoms with Crippen LogP contribution >= 0.6 is 0 Å². The van der Waals surface area contributed by atoms with Crippen LogP contribution in [0.5, 0.6) is 0 Å². The van der Waals surface area contributed by atoms with E-state index in [1.54, 1.807) is 13.1 Å². The Morgan fingerprint density at radius 3 is 2.67 bits per heavy atom. The monoisotopic (exact) mass is 170 g/mol. The van der Waals surface area contributed by atoms with E-state index in [0.29, 0.717) is 6.42 Å². The van der Waals surface area contributed by atoms with Crippen LogP contribution in [0.2, 0.25) is 0 Å². The molecule has 0 saturated heterocycles. The van der Waals surface area contributed by atoms with Crippen molar-refractivity contribution in [2.45, 2.75) is 25.6 Å². The molecule has 0 aliphatic heterocycles. The van der Waals surface area contributed by atoms with E-state index < -0.39 is 12.2 Å². The summed E-state index contributed by atoms with van der Waals surface area (Å²) in [4.78, 5) is 4.03. The van der Waals surface area contributed by atoms with Gasteiger partial charge in [-0.2, -0.15) is 0 Å². The van der Waals surface area contributed by atoms with Crippen molar-refractivity contribution in [2.24, 2.45) is 7.05 Å². The van der Waals surface area contributed by atoms with Gasteiger partial charge in [-0.25, -0.2) is 4.98 Å². The van der Waals surface area contributed by atoms with Crippen molar-refractivity contribution in [2.75, 3.05) is 0 Å². The van der Waals surface area contributed by atoms with Crippen molar-refractivity contribution in [1.82, 2.24) is 9.55 Å². The van der Waals surface area contributed by atoms with Crippen LogP contribution in [0, 0.1) is 0 Å². The van der Waals surface area contributed by atoms with E-state index in [4.69, 9.17) is 5.11 Å². The summed E-state index contributed by atoms with van der Waals surface area (Å²) in [7, 11) is 1.86. The molecule has 1 rings (SSSR count). The molecule has 2 unspecified atom stereocenters. The van der Waals surface area contributed by atoms with Crippen molar-refractivity contribution in [1.29, 1.82) is 0 Å². The summed E-state index contributed by atoms with van der Waals surface area (Å²) in [6.07, 6.45) is 2.43. The van der Waals surface area contributed by atoms with E-state index in [1.165, 1.54) is 0 Å². The third kappa shape index (κ3) is 2.06. The summed E-state index contributed by atoms with van der Waals surface area (Å²) < 4.78 is 1.82. The Morgan fingerprint density at radius 1 is 1.58 bits per heavy atom. The molecular weight excluding hydrogens is 156 g/mol. The zero-order valence-electron chi connectivity index (χ0n) is 7.31. The van der Waals surface area contributed by atoms with Crippen molar-refractivity contribution in [3.05, 3.63) is 18.2 Å². The standard InChI is InChI=1S/C8H14N2O2/c1-6(11)7(12)5-8-9-3-4-10(8)2/h3-4,6-7,11-12H,5H2,1-2H3. The first-order valence-electron chi connectivity index (χ1n) is 3.93. The maximum Gasteiger partial charge on any atom is 0.111 e. The van der Waals surface area contributed by atoms with E-state index in [0.717, 1.165) is 5.82 Å². The maximum absolute atomic E-state index is 9.32. The second kappa shape index (κ2) is 3.69. The van der Waals surface area contributed by atoms with Gasteiger partial charge in [0.05, 0.1) is 12.2 Å². The van der Waals surface area contributed by atoms with Gasteiger partial charge in [-0.05, 0) is 6.92 Å². The molecule has 0 bridgehead atoms. The van der Waals surface area contributed by atoms with Gasteiger partial charge in [0.1, 0.15) is 5.82 Å². The first kappa shape index (κ1) is 9.22. The molecule has 0 radical (unpaired) electrons. The van der Waals surface area contributed by atoms with Gasteiger partial charge in [0, 0.05) is 25.9 Å². The molecule has 0 fully saturated rings. The van der Waals surface area contributed by atoms with Gasteiger partial charge in [0.2, 0.25) is 0 Å². The Morgan fingerprint density at radius 2 is 2.25 bits per heavy atom. The fourth-order valence-corrected chi connectivity index (χ4v) is 0.951. The second-order valence-corrected chi connectivity index (χ2v) is 2.97. The number of aryl methyl sites for hydroxylation is 1. The van der Waals surface area contributed by atoms with Crippen molar-refractivity contribution in [3.63, 3.8) is 0 Å². The number of imidazole rings is 1. The Balaban J connectivity index is 2.58. The van der Waals surface area contributed by atoms with Gasteiger partial charge in [-0.15, -0.1) is 0 Å². The molecule has 1 heterocycles. The molecular formula is C8H14N2O2. The quantitative estimate of drug-likeness (QED) is 0.655. The molecule has 1 aromatic rings. The summed E-state index contributed by atoms with van der Waals surface area (Å²) >= 11 is 0. The first-order chi connectivity index (χ1) is 5.61. The van der Waals surface area contributed by atoms with Crippen LogP contribution in [0.3, 0.4) is 0 Å². The van der Waals surface area contributed by atoms with Crippen LogP contribution in [-0.4, -0.2) is 32.0 Å². The van der Waals surface area contributed by atoms with Crippen molar-refractivity contribution >= 4 is 0 Å². The lowest BCUT2D eigenvalue weighted by atomic mass is 10.1. The SMILES string of the molecule is CC(O)C(O)Cc1nccn1C. The fraction of sp³-hybridized carbons (Fsp3) is 0.625. The molecule has 1 aromatic heterocycles. The van der Waals surface area contributed by atoms with Crippen LogP contribution in [0.4, 0.5) is 0 Å². The Hall–Kier alpha value is -0.870. The molecule has 12 heavy (non-hydrogen) atoms. The minimum Gasteiger partial charge on any atom is -0.391 e. The lowest BCUT2D eigenvalue weighted by Gasteiger charge is -2.12. The van der Waals surface area contributed by atoms with Crippen LogP contribution in [0.15, 0.2) is 12.4 Å². The molecule has 2 atom stereocenters. The highest BCUT2D eigenvalue weighted by molar-refractivity contribution is 4.93. The predicted molar refractivity (Wildman–Crippen MR) is 44.6 cm³/mol. The number of nitrogens with zero attached hydrogens (tertiary/aromatic N) is 2. The molecule has 0 spiro atoms. The number of rotatable bonds is 3. The number of aliphatic hydroxyl groups excluding tert-OH is 2. The number of aliphatic hydroxyl groups is 2. The molecule has 68 valence electrons. The molecule has 4 nitrogen and oxygen atoms in total. The van der Waals surface area contributed by atoms with Gasteiger partial charge in [0.25, 0.3) is 0 Å². The van der Waals surface area contributed by atoms with E-state index in [9.17, 15) is 5.11 Å². The molecule has 0 saturated carbocycles. The fourth-order valence-electron chi connectivity index (χ4n) is 0.951. The minimum atomic E-state index is -0.730. The van der Waals surface area contributed by atoms with Gasteiger partial charge < -0.3 is 14.8 Å². The van der Waals surface area contributed by atoms with Crippen LogP contribution in [0.1, 0.15) is 12.7 Å². The minimum absolute atomic E-state index is 0.390. The highest BCUT2D eigenvalue weighted by Gasteiger charge is 2.13. The van der Waals surface area contributed by atoms with E-state index in [2.05, 4.69) is 4.98 Å². The lowest BCUT2D eigenvalue weighted by Crippen LogP contribution is -2.26. The molecule has 4 heteroatoms. The first-order valence-corrected chi connectivity index (χ1v) is 3.93. The van der Waals surface area contributed by atoms with E-state index in [1.807, 2.05) is 17.8 Å². The summed E-state index contributed by atoms with van der Waals surface area (Å²) in [5.74, 6) is 0.781. The highest BCUT2D eigenvalue weighted by atomic mass is 16.3. The summed E-state index contributed by atoms with van der Waals surface area (Å²) in [6, 6.07) is 0. The summed E-state index contributed by atoms with van der Waals surface area (Å²) in [6.45, 7) is 1.56. The largest absolute Gasteiger partial charge is 0.391 e. The topological polar surface area (TPSA) is 58.3 Å². The zero-order valence-corrected chi connectivity index (χ0v) is 7.31. The van der Waals surface area contributed by atoms with Crippen molar-refractivity contribution < 1.29 is 10.2 Å². The predicted octanol–water partition coefficient (Wildman–Crippen LogP) is -0.296. The van der Waals surface area contributed by atoms with Crippen molar-refractivity contribution in [3.8, 4) is 0 Å². The lowest BCUT2D eigenvalue weighted by molar-refractivity contribution is 0.0304. The number of hydrogen-bond donors (Lipinski definition) is 2. The van der Waals surface area contributed by atoms with Crippen LogP contribution in [-0.2, 0) is 13.5 Å². The average molecular weight is 170 g/mol. The average Bonchev–Trinajstić information content (AvgIpc) is 2.36. The number of aromatic nitrogens is 2. The molecule has 0 aromatic carbocycles. The zero-order chi connectivity index (χ0) is 9.14. The second-order valence-electron chi connectivity index (χ2n) is 2.97. The maximum atomic E-state index is 9.32. The Kier molecular flexibility index (Phi) is 2.83. The van der Waals surface area contributed by atoms with Crippen LogP contribution in [0.25, 0.3) is 0 Å². The summed E-state index contributed by atoms with van der Waals surface area (Å²) in [5, 5.41) is 18.3. The Bertz CT molecular complexity index is 245. The van der Waals surface area contributed by atoms with E-state index in [-0.39, 0.29) is 0 Å². The molecule has 0 aliphatic rings. The van der Waals surface area contributed by atoms with Gasteiger partial charge >= 0.3 is 0 Å². The smallest absolute Gasteiger partial charge is 0.111 e. The van der Waals surface area contributed by atoms with Gasteiger partial charge in [-0.3, -0.25) is 0 Å². The normalized spacial score (nSPS) is 16.0. The number of hydrogen-bond acceptors (Lipinski definition) is 3. The van der Waals surface area contributed by atoms with Crippen LogP contribution < -0.4 is 0 Å². The third-order valence-corrected chi connectivity index (χ3v) is 1.87.